The number of amides is 1. The van der Waals surface area contributed by atoms with Gasteiger partial charge < -0.3 is 19.8 Å². The van der Waals surface area contributed by atoms with E-state index in [0.29, 0.717) is 17.9 Å². The second-order valence-corrected chi connectivity index (χ2v) is 8.59. The summed E-state index contributed by atoms with van der Waals surface area (Å²) in [5, 5.41) is 0. The third-order valence-corrected chi connectivity index (χ3v) is 6.27. The molecule has 0 saturated heterocycles. The van der Waals surface area contributed by atoms with Crippen LogP contribution in [0.15, 0.2) is 78.9 Å². The van der Waals surface area contributed by atoms with Crippen LogP contribution in [-0.4, -0.2) is 17.6 Å². The van der Waals surface area contributed by atoms with E-state index in [1.54, 1.807) is 7.11 Å². The van der Waals surface area contributed by atoms with Gasteiger partial charge in [0.25, 0.3) is 5.91 Å². The number of nitrogens with two attached hydrogens (primary N) is 1. The Labute approximate surface area is 207 Å². The molecule has 0 spiro atoms. The van der Waals surface area contributed by atoms with Gasteiger partial charge in [0.05, 0.1) is 19.2 Å². The second kappa shape index (κ2) is 11.0. The summed E-state index contributed by atoms with van der Waals surface area (Å²) in [6.45, 7) is 4.73. The number of methoxy groups -OCH3 is 1. The molecule has 4 rings (SSSR count). The number of carbonyl (C=O) groups is 1. The van der Waals surface area contributed by atoms with Crippen LogP contribution < -0.4 is 15.2 Å². The average molecular weight is 469 g/mol. The lowest BCUT2D eigenvalue weighted by Gasteiger charge is -2.15. The van der Waals surface area contributed by atoms with E-state index < -0.39 is 5.91 Å². The van der Waals surface area contributed by atoms with Gasteiger partial charge in [0, 0.05) is 22.5 Å². The number of ether oxygens (including phenoxy) is 2. The van der Waals surface area contributed by atoms with E-state index in [0.717, 1.165) is 58.8 Å². The third-order valence-electron chi connectivity index (χ3n) is 6.27. The van der Waals surface area contributed by atoms with Crippen molar-refractivity contribution in [2.24, 2.45) is 5.73 Å². The predicted molar refractivity (Wildman–Crippen MR) is 140 cm³/mol. The Morgan fingerprint density at radius 1 is 0.943 bits per heavy atom. The van der Waals surface area contributed by atoms with Crippen LogP contribution in [0.3, 0.4) is 0 Å². The van der Waals surface area contributed by atoms with Gasteiger partial charge in [0.1, 0.15) is 17.2 Å². The maximum absolute atomic E-state index is 12.8. The van der Waals surface area contributed by atoms with Gasteiger partial charge >= 0.3 is 0 Å². The molecule has 3 aromatic carbocycles. The summed E-state index contributed by atoms with van der Waals surface area (Å²) in [7, 11) is 1.68. The van der Waals surface area contributed by atoms with Crippen LogP contribution in [-0.2, 0) is 13.0 Å². The summed E-state index contributed by atoms with van der Waals surface area (Å²) >= 11 is 0. The Bertz CT molecular complexity index is 1310. The van der Waals surface area contributed by atoms with E-state index in [9.17, 15) is 4.79 Å². The standard InChI is InChI=1S/C30H32N2O3/c1-4-5-17-26-29(22-13-11-16-25(19-22)35-24-14-7-6-8-15-24)28(30(31)33)21(2)32(26)20-23-12-9-10-18-27(23)34-3/h6-16,18-19H,4-5,17,20H2,1-3H3,(H2,31,33). The molecule has 180 valence electrons. The minimum atomic E-state index is -0.427. The van der Waals surface area contributed by atoms with Gasteiger partial charge in [-0.2, -0.15) is 0 Å². The number of carbonyl (C=O) groups excluding carboxylic acids is 1. The van der Waals surface area contributed by atoms with E-state index in [2.05, 4.69) is 17.6 Å². The van der Waals surface area contributed by atoms with Crippen molar-refractivity contribution in [3.63, 3.8) is 0 Å². The summed E-state index contributed by atoms with van der Waals surface area (Å²) in [6, 6.07) is 25.5. The Morgan fingerprint density at radius 3 is 2.37 bits per heavy atom. The highest BCUT2D eigenvalue weighted by Gasteiger charge is 2.25. The molecule has 0 saturated carbocycles. The molecule has 0 bridgehead atoms. The maximum Gasteiger partial charge on any atom is 0.251 e. The molecular formula is C30H32N2O3. The van der Waals surface area contributed by atoms with E-state index in [1.165, 1.54) is 0 Å². The zero-order chi connectivity index (χ0) is 24.8. The number of benzene rings is 3. The number of unbranched alkanes of at least 4 members (excludes halogenated alkanes) is 1. The fraction of sp³-hybridized carbons (Fsp3) is 0.233. The molecule has 5 nitrogen and oxygen atoms in total. The molecule has 0 radical (unpaired) electrons. The average Bonchev–Trinajstić information content (AvgIpc) is 3.15. The lowest BCUT2D eigenvalue weighted by Crippen LogP contribution is -2.13. The van der Waals surface area contributed by atoms with Crippen LogP contribution in [0, 0.1) is 6.92 Å². The smallest absolute Gasteiger partial charge is 0.251 e. The van der Waals surface area contributed by atoms with Crippen LogP contribution in [0.5, 0.6) is 17.2 Å². The minimum Gasteiger partial charge on any atom is -0.496 e. The van der Waals surface area contributed by atoms with Crippen molar-refractivity contribution in [2.45, 2.75) is 39.7 Å². The molecule has 0 atom stereocenters. The third kappa shape index (κ3) is 5.24. The lowest BCUT2D eigenvalue weighted by molar-refractivity contribution is 0.1000. The van der Waals surface area contributed by atoms with E-state index in [-0.39, 0.29) is 0 Å². The number of nitrogens with zero attached hydrogens (tertiary/aromatic N) is 1. The highest BCUT2D eigenvalue weighted by Crippen LogP contribution is 2.37. The lowest BCUT2D eigenvalue weighted by atomic mass is 9.97. The fourth-order valence-electron chi connectivity index (χ4n) is 4.57. The molecule has 1 aromatic heterocycles. The van der Waals surface area contributed by atoms with Crippen LogP contribution in [0.25, 0.3) is 11.1 Å². The molecule has 5 heteroatoms. The minimum absolute atomic E-state index is 0.427. The Balaban J connectivity index is 1.85. The SMILES string of the molecule is CCCCc1c(-c2cccc(Oc3ccccc3)c2)c(C(N)=O)c(C)n1Cc1ccccc1OC. The van der Waals surface area contributed by atoms with Crippen molar-refractivity contribution >= 4 is 5.91 Å². The molecule has 35 heavy (non-hydrogen) atoms. The summed E-state index contributed by atoms with van der Waals surface area (Å²) < 4.78 is 13.9. The molecular weight excluding hydrogens is 436 g/mol. The first kappa shape index (κ1) is 24.1. The summed E-state index contributed by atoms with van der Waals surface area (Å²) in [6.07, 6.45) is 2.88. The van der Waals surface area contributed by atoms with E-state index >= 15 is 0 Å². The van der Waals surface area contributed by atoms with Crippen LogP contribution in [0.4, 0.5) is 0 Å². The van der Waals surface area contributed by atoms with Crippen LogP contribution in [0.2, 0.25) is 0 Å². The molecule has 4 aromatic rings. The quantitative estimate of drug-likeness (QED) is 0.280. The molecule has 2 N–H and O–H groups in total. The maximum atomic E-state index is 12.8. The van der Waals surface area contributed by atoms with Gasteiger partial charge in [-0.05, 0) is 55.7 Å². The molecule has 0 aliphatic rings. The van der Waals surface area contributed by atoms with Gasteiger partial charge in [-0.15, -0.1) is 0 Å². The number of hydrogen-bond donors (Lipinski definition) is 1. The summed E-state index contributed by atoms with van der Waals surface area (Å²) in [4.78, 5) is 12.8. The first-order chi connectivity index (χ1) is 17.0. The molecule has 0 aliphatic heterocycles. The van der Waals surface area contributed by atoms with Gasteiger partial charge in [-0.1, -0.05) is 61.9 Å². The van der Waals surface area contributed by atoms with Gasteiger partial charge in [-0.25, -0.2) is 0 Å². The van der Waals surface area contributed by atoms with Gasteiger partial charge in [-0.3, -0.25) is 4.79 Å². The van der Waals surface area contributed by atoms with Crippen LogP contribution >= 0.6 is 0 Å². The molecule has 0 fully saturated rings. The summed E-state index contributed by atoms with van der Waals surface area (Å²) in [5.41, 5.74) is 11.3. The molecule has 1 amide bonds. The van der Waals surface area contributed by atoms with Crippen LogP contribution in [0.1, 0.15) is 47.1 Å². The van der Waals surface area contributed by atoms with Crippen molar-refractivity contribution in [3.8, 4) is 28.4 Å². The molecule has 0 unspecified atom stereocenters. The summed E-state index contributed by atoms with van der Waals surface area (Å²) in [5.74, 6) is 1.86. The van der Waals surface area contributed by atoms with Crippen molar-refractivity contribution in [3.05, 3.63) is 101 Å². The van der Waals surface area contributed by atoms with Crippen molar-refractivity contribution in [1.29, 1.82) is 0 Å². The molecule has 0 aliphatic carbocycles. The largest absolute Gasteiger partial charge is 0.496 e. The first-order valence-electron chi connectivity index (χ1n) is 12.0. The highest BCUT2D eigenvalue weighted by atomic mass is 16.5. The number of hydrogen-bond acceptors (Lipinski definition) is 3. The molecule has 1 heterocycles. The Hall–Kier alpha value is -3.99. The number of primary amides is 1. The number of rotatable bonds is 10. The topological polar surface area (TPSA) is 66.5 Å². The van der Waals surface area contributed by atoms with E-state index in [1.807, 2.05) is 79.7 Å². The highest BCUT2D eigenvalue weighted by molar-refractivity contribution is 6.02. The van der Waals surface area contributed by atoms with Crippen molar-refractivity contribution in [2.75, 3.05) is 7.11 Å². The zero-order valence-corrected chi connectivity index (χ0v) is 20.6. The monoisotopic (exact) mass is 468 g/mol. The van der Waals surface area contributed by atoms with E-state index in [4.69, 9.17) is 15.2 Å². The second-order valence-electron chi connectivity index (χ2n) is 8.59. The van der Waals surface area contributed by atoms with Gasteiger partial charge in [0.2, 0.25) is 0 Å². The number of aromatic nitrogens is 1. The normalized spacial score (nSPS) is 10.8. The van der Waals surface area contributed by atoms with Crippen molar-refractivity contribution < 1.29 is 14.3 Å². The Morgan fingerprint density at radius 2 is 1.66 bits per heavy atom. The fourth-order valence-corrected chi connectivity index (χ4v) is 4.57. The zero-order valence-electron chi connectivity index (χ0n) is 20.6. The van der Waals surface area contributed by atoms with Gasteiger partial charge in [0.15, 0.2) is 0 Å². The van der Waals surface area contributed by atoms with Crippen molar-refractivity contribution in [1.82, 2.24) is 4.57 Å². The first-order valence-corrected chi connectivity index (χ1v) is 12.0. The number of para-hydroxylation sites is 2. The Kier molecular flexibility index (Phi) is 7.56. The predicted octanol–water partition coefficient (Wildman–Crippen LogP) is 6.75.